The summed E-state index contributed by atoms with van der Waals surface area (Å²) in [5.41, 5.74) is 0.732. The fourth-order valence-corrected chi connectivity index (χ4v) is 1.77. The first-order valence-electron chi connectivity index (χ1n) is 6.15. The number of nitrogens with zero attached hydrogens (tertiary/aromatic N) is 2. The second kappa shape index (κ2) is 6.19. The predicted molar refractivity (Wildman–Crippen MR) is 68.5 cm³/mol. The van der Waals surface area contributed by atoms with Crippen LogP contribution in [0.2, 0.25) is 0 Å². The average Bonchev–Trinajstić information content (AvgIpc) is 2.43. The molecule has 0 spiro atoms. The molecule has 1 fully saturated rings. The largest absolute Gasteiger partial charge is 0.438 e. The Kier molecular flexibility index (Phi) is 4.35. The van der Waals surface area contributed by atoms with Crippen LogP contribution in [0.3, 0.4) is 0 Å². The van der Waals surface area contributed by atoms with E-state index in [-0.39, 0.29) is 19.1 Å². The van der Waals surface area contributed by atoms with Gasteiger partial charge in [-0.1, -0.05) is 18.2 Å². The second-order valence-electron chi connectivity index (χ2n) is 3.99. The van der Waals surface area contributed by atoms with Gasteiger partial charge in [0.05, 0.1) is 13.2 Å². The summed E-state index contributed by atoms with van der Waals surface area (Å²) in [6, 6.07) is 9.17. The summed E-state index contributed by atoms with van der Waals surface area (Å²) in [6.07, 6.45) is -0.566. The number of hydrogen-bond acceptors (Lipinski definition) is 4. The van der Waals surface area contributed by atoms with E-state index in [4.69, 9.17) is 9.57 Å². The molecule has 102 valence electrons. The number of carbonyl (C=O) groups is 2. The Morgan fingerprint density at radius 1 is 1.42 bits per heavy atom. The minimum absolute atomic E-state index is 0.0509. The van der Waals surface area contributed by atoms with Gasteiger partial charge in [0.25, 0.3) is 5.91 Å². The number of anilines is 1. The number of ether oxygens (including phenoxy) is 1. The second-order valence-corrected chi connectivity index (χ2v) is 3.99. The lowest BCUT2D eigenvalue weighted by atomic mass is 10.3. The molecule has 1 aliphatic heterocycles. The van der Waals surface area contributed by atoms with Crippen molar-refractivity contribution in [3.8, 4) is 0 Å². The van der Waals surface area contributed by atoms with Gasteiger partial charge in [-0.2, -0.15) is 5.06 Å². The molecule has 0 unspecified atom stereocenters. The van der Waals surface area contributed by atoms with Gasteiger partial charge in [0, 0.05) is 12.2 Å². The van der Waals surface area contributed by atoms with Crippen LogP contribution in [0.15, 0.2) is 30.3 Å². The zero-order chi connectivity index (χ0) is 13.7. The van der Waals surface area contributed by atoms with Crippen molar-refractivity contribution in [2.75, 3.05) is 31.2 Å². The molecule has 0 aromatic heterocycles. The monoisotopic (exact) mass is 264 g/mol. The van der Waals surface area contributed by atoms with E-state index >= 15 is 0 Å². The number of para-hydroxylation sites is 1. The maximum absolute atomic E-state index is 12.1. The fraction of sp³-hybridized carbons (Fsp3) is 0.385. The van der Waals surface area contributed by atoms with Crippen LogP contribution in [0.4, 0.5) is 10.5 Å². The molecule has 6 nitrogen and oxygen atoms in total. The quantitative estimate of drug-likeness (QED) is 0.828. The smallest absolute Gasteiger partial charge is 0.370 e. The van der Waals surface area contributed by atoms with Crippen molar-refractivity contribution in [3.05, 3.63) is 30.3 Å². The van der Waals surface area contributed by atoms with Crippen LogP contribution in [0.1, 0.15) is 6.92 Å². The van der Waals surface area contributed by atoms with Gasteiger partial charge < -0.3 is 9.57 Å². The van der Waals surface area contributed by atoms with E-state index in [9.17, 15) is 9.59 Å². The van der Waals surface area contributed by atoms with E-state index in [1.807, 2.05) is 37.3 Å². The van der Waals surface area contributed by atoms with E-state index in [1.165, 1.54) is 4.90 Å². The zero-order valence-corrected chi connectivity index (χ0v) is 10.7. The Balaban J connectivity index is 2.03. The topological polar surface area (TPSA) is 59.1 Å². The normalized spacial score (nSPS) is 15.2. The highest BCUT2D eigenvalue weighted by Crippen LogP contribution is 2.15. The number of hydrogen-bond donors (Lipinski definition) is 0. The Hall–Kier alpha value is -2.08. The molecular formula is C13H16N2O4. The third kappa shape index (κ3) is 3.23. The fourth-order valence-electron chi connectivity index (χ4n) is 1.77. The van der Waals surface area contributed by atoms with Gasteiger partial charge in [0.1, 0.15) is 6.61 Å². The van der Waals surface area contributed by atoms with E-state index in [2.05, 4.69) is 0 Å². The summed E-state index contributed by atoms with van der Waals surface area (Å²) < 4.78 is 4.97. The van der Waals surface area contributed by atoms with E-state index in [0.29, 0.717) is 13.2 Å². The average molecular weight is 264 g/mol. The lowest BCUT2D eigenvalue weighted by Crippen LogP contribution is -2.45. The van der Waals surface area contributed by atoms with Crippen molar-refractivity contribution in [3.63, 3.8) is 0 Å². The number of hydroxylamine groups is 2. The van der Waals surface area contributed by atoms with Crippen molar-refractivity contribution >= 4 is 17.7 Å². The number of carbonyl (C=O) groups excluding carboxylic acids is 2. The number of morpholine rings is 1. The maximum Gasteiger partial charge on any atom is 0.438 e. The molecule has 0 saturated carbocycles. The highest BCUT2D eigenvalue weighted by molar-refractivity contribution is 5.88. The third-order valence-corrected chi connectivity index (χ3v) is 2.74. The number of amides is 2. The van der Waals surface area contributed by atoms with Gasteiger partial charge in [-0.3, -0.25) is 9.69 Å². The van der Waals surface area contributed by atoms with Gasteiger partial charge in [-0.15, -0.1) is 0 Å². The molecule has 1 saturated heterocycles. The first kappa shape index (κ1) is 13.4. The molecule has 0 atom stereocenters. The highest BCUT2D eigenvalue weighted by Gasteiger charge is 2.25. The van der Waals surface area contributed by atoms with Crippen LogP contribution in [0.5, 0.6) is 0 Å². The minimum atomic E-state index is -0.566. The Bertz CT molecular complexity index is 449. The first-order valence-corrected chi connectivity index (χ1v) is 6.15. The van der Waals surface area contributed by atoms with Gasteiger partial charge in [-0.25, -0.2) is 4.79 Å². The molecule has 2 rings (SSSR count). The van der Waals surface area contributed by atoms with E-state index in [1.54, 1.807) is 0 Å². The van der Waals surface area contributed by atoms with Crippen molar-refractivity contribution in [2.45, 2.75) is 6.92 Å². The number of benzene rings is 1. The molecule has 0 bridgehead atoms. The van der Waals surface area contributed by atoms with Gasteiger partial charge in [-0.05, 0) is 19.1 Å². The van der Waals surface area contributed by atoms with Gasteiger partial charge >= 0.3 is 6.09 Å². The molecule has 1 aromatic rings. The van der Waals surface area contributed by atoms with E-state index in [0.717, 1.165) is 10.8 Å². The van der Waals surface area contributed by atoms with Crippen LogP contribution < -0.4 is 4.90 Å². The summed E-state index contributed by atoms with van der Waals surface area (Å²) in [4.78, 5) is 30.1. The summed E-state index contributed by atoms with van der Waals surface area (Å²) in [5, 5.41) is 1.05. The van der Waals surface area contributed by atoms with Crippen molar-refractivity contribution in [1.29, 1.82) is 0 Å². The summed E-state index contributed by atoms with van der Waals surface area (Å²) in [6.45, 7) is 2.88. The van der Waals surface area contributed by atoms with Gasteiger partial charge in [0.2, 0.25) is 0 Å². The molecule has 0 aliphatic carbocycles. The molecule has 1 aliphatic rings. The first-order chi connectivity index (χ1) is 9.22. The molecule has 0 radical (unpaired) electrons. The van der Waals surface area contributed by atoms with Crippen LogP contribution in [0.25, 0.3) is 0 Å². The molecule has 0 N–H and O–H groups in total. The van der Waals surface area contributed by atoms with Crippen LogP contribution in [-0.2, 0) is 14.4 Å². The standard InChI is InChI=1S/C13H16N2O4/c1-2-14(11-6-4-3-5-7-11)13(17)19-15-8-9-18-10-12(15)16/h3-7H,2,8-10H2,1H3. The molecule has 1 aromatic carbocycles. The SMILES string of the molecule is CCN(C(=O)ON1CCOCC1=O)c1ccccc1. The summed E-state index contributed by atoms with van der Waals surface area (Å²) in [7, 11) is 0. The molecule has 1 heterocycles. The van der Waals surface area contributed by atoms with Crippen molar-refractivity contribution in [1.82, 2.24) is 5.06 Å². The molecule has 19 heavy (non-hydrogen) atoms. The van der Waals surface area contributed by atoms with Crippen LogP contribution in [0, 0.1) is 0 Å². The molecular weight excluding hydrogens is 248 g/mol. The summed E-state index contributed by atoms with van der Waals surface area (Å²) >= 11 is 0. The molecule has 6 heteroatoms. The maximum atomic E-state index is 12.1. The minimum Gasteiger partial charge on any atom is -0.370 e. The zero-order valence-electron chi connectivity index (χ0n) is 10.7. The van der Waals surface area contributed by atoms with Crippen molar-refractivity contribution in [2.24, 2.45) is 0 Å². The van der Waals surface area contributed by atoms with Crippen molar-refractivity contribution < 1.29 is 19.2 Å². The Morgan fingerprint density at radius 2 is 2.16 bits per heavy atom. The predicted octanol–water partition coefficient (Wildman–Crippen LogP) is 1.42. The van der Waals surface area contributed by atoms with Crippen LogP contribution >= 0.6 is 0 Å². The lowest BCUT2D eigenvalue weighted by molar-refractivity contribution is -0.183. The van der Waals surface area contributed by atoms with Crippen LogP contribution in [-0.4, -0.2) is 43.4 Å². The third-order valence-electron chi connectivity index (χ3n) is 2.74. The lowest BCUT2D eigenvalue weighted by Gasteiger charge is -2.28. The highest BCUT2D eigenvalue weighted by atomic mass is 16.7. The molecule has 2 amide bonds. The summed E-state index contributed by atoms with van der Waals surface area (Å²) in [5.74, 6) is -0.344. The number of rotatable bonds is 3. The Morgan fingerprint density at radius 3 is 2.79 bits per heavy atom. The Labute approximate surface area is 111 Å². The van der Waals surface area contributed by atoms with E-state index < -0.39 is 6.09 Å². The van der Waals surface area contributed by atoms with Gasteiger partial charge in [0.15, 0.2) is 0 Å².